The molecule has 0 aliphatic carbocycles. The molecule has 0 heterocycles. The van der Waals surface area contributed by atoms with E-state index < -0.39 is 7.82 Å². The molecule has 0 rings (SSSR count). The van der Waals surface area contributed by atoms with Gasteiger partial charge in [-0.2, -0.15) is 0 Å². The van der Waals surface area contributed by atoms with Crippen LogP contribution in [0, 0.1) is 31.1 Å². The van der Waals surface area contributed by atoms with Gasteiger partial charge in [-0.25, -0.2) is 4.57 Å². The Morgan fingerprint density at radius 2 is 1.14 bits per heavy atom. The summed E-state index contributed by atoms with van der Waals surface area (Å²) < 4.78 is 8.88. The molecular weight excluding hydrogens is 347 g/mol. The first kappa shape index (κ1) is 15.7. The van der Waals surface area contributed by atoms with Gasteiger partial charge in [0.05, 0.1) is 0 Å². The molecule has 0 bridgehead atoms. The topological polar surface area (TPSA) is 113 Å². The normalized spacial score (nSPS) is 8.43. The van der Waals surface area contributed by atoms with Crippen molar-refractivity contribution >= 4 is 7.82 Å². The average molecular weight is 353 g/mol. The van der Waals surface area contributed by atoms with Gasteiger partial charge in [-0.3, -0.25) is 0 Å². The Bertz CT molecular complexity index is 57.8. The van der Waals surface area contributed by atoms with Crippen LogP contribution in [0.25, 0.3) is 0 Å². The van der Waals surface area contributed by atoms with Crippen molar-refractivity contribution in [2.75, 3.05) is 0 Å². The second-order valence-electron chi connectivity index (χ2n) is 0.513. The smallest absolute Gasteiger partial charge is 0.344 e. The van der Waals surface area contributed by atoms with Crippen LogP contribution in [-0.4, -0.2) is 14.7 Å². The Morgan fingerprint density at radius 1 is 1.14 bits per heavy atom. The van der Waals surface area contributed by atoms with Crippen molar-refractivity contribution < 1.29 is 50.4 Å². The molecule has 6 N–H and O–H groups in total. The molecule has 0 amide bonds. The van der Waals surface area contributed by atoms with Gasteiger partial charge in [0.1, 0.15) is 0 Å². The molecule has 0 aromatic rings. The van der Waals surface area contributed by atoms with Crippen molar-refractivity contribution in [2.45, 2.75) is 0 Å². The predicted molar refractivity (Wildman–Crippen MR) is 19.3 cm³/mol. The third kappa shape index (κ3) is 148. The molecule has 0 aliphatic rings. The third-order valence-corrected chi connectivity index (χ3v) is 0. The van der Waals surface area contributed by atoms with Crippen LogP contribution in [0.2, 0.25) is 0 Å². The van der Waals surface area contributed by atoms with Crippen molar-refractivity contribution in [1.29, 1.82) is 0 Å². The molecule has 7 heavy (non-hydrogen) atoms. The van der Waals surface area contributed by atoms with Gasteiger partial charge >= 0.3 is 7.82 Å². The molecule has 0 unspecified atom stereocenters. The van der Waals surface area contributed by atoms with E-state index in [1.165, 1.54) is 0 Å². The maximum absolute atomic E-state index is 8.88. The predicted octanol–water partition coefficient (Wildman–Crippen LogP) is -0.767. The van der Waals surface area contributed by atoms with Gasteiger partial charge < -0.3 is 20.8 Å². The Hall–Kier alpha value is 1.12. The maximum atomic E-state index is 8.88. The monoisotopic (exact) mass is 353 g/mol. The summed E-state index contributed by atoms with van der Waals surface area (Å²) in [5.41, 5.74) is 0. The van der Waals surface area contributed by atoms with Crippen LogP contribution in [0.1, 0.15) is 0 Å². The molecule has 0 aromatic carbocycles. The Labute approximate surface area is 64.3 Å². The summed E-state index contributed by atoms with van der Waals surface area (Å²) >= 11 is 0. The molecule has 0 aliphatic heterocycles. The summed E-state index contributed by atoms with van der Waals surface area (Å²) in [7, 11) is -4.64. The van der Waals surface area contributed by atoms with Crippen LogP contribution >= 0.6 is 7.82 Å². The van der Waals surface area contributed by atoms with Gasteiger partial charge in [-0.1, -0.05) is 0 Å². The molecule has 0 fully saturated rings. The molecule has 0 spiro atoms. The van der Waals surface area contributed by atoms with Gasteiger partial charge in [0.2, 0.25) is 0 Å². The van der Waals surface area contributed by atoms with Crippen molar-refractivity contribution in [3.05, 3.63) is 0 Å². The van der Waals surface area contributed by atoms with Crippen molar-refractivity contribution in [3.63, 3.8) is 0 Å². The van der Waals surface area contributed by atoms with Crippen LogP contribution in [0.15, 0.2) is 0 Å². The van der Waals surface area contributed by atoms with Gasteiger partial charge in [0.25, 0.3) is 0 Å². The summed E-state index contributed by atoms with van der Waals surface area (Å²) in [6, 6.07) is 0. The second kappa shape index (κ2) is 5.26. The molecule has 0 saturated carbocycles. The number of hydrogen-bond donors (Lipinski definition) is 4. The van der Waals surface area contributed by atoms with Crippen molar-refractivity contribution in [3.8, 4) is 0 Å². The minimum absolute atomic E-state index is 0. The van der Waals surface area contributed by atoms with E-state index in [1.807, 2.05) is 0 Å². The van der Waals surface area contributed by atoms with E-state index in [2.05, 4.69) is 0 Å². The van der Waals surface area contributed by atoms with E-state index in [0.717, 1.165) is 0 Å². The first-order chi connectivity index (χ1) is 2.00. The van der Waals surface area contributed by atoms with E-state index in [9.17, 15) is 0 Å². The van der Waals surface area contributed by atoms with Gasteiger partial charge in [0.15, 0.2) is 0 Å². The summed E-state index contributed by atoms with van der Waals surface area (Å²) in [5.74, 6) is 0. The number of rotatable bonds is 0. The number of hydrogen-bond acceptors (Lipinski definition) is 2. The second-order valence-corrected chi connectivity index (χ2v) is 1.54. The molecule has 0 saturated heterocycles. The average Bonchev–Trinajstić information content (AvgIpc) is 0.722. The summed E-state index contributed by atoms with van der Waals surface area (Å²) in [6.45, 7) is 0. The fraction of sp³-hybridized carbons (Fsp3) is 0. The van der Waals surface area contributed by atoms with E-state index in [1.54, 1.807) is 0 Å². The first-order valence-corrected chi connectivity index (χ1v) is 2.35. The van der Waals surface area contributed by atoms with Crippen LogP contribution in [-0.2, 0) is 4.57 Å². The largest absolute Gasteiger partial charge is 0.466 e. The zero-order chi connectivity index (χ0) is 4.50. The van der Waals surface area contributed by atoms with E-state index in [0.29, 0.717) is 0 Å². The Morgan fingerprint density at radius 3 is 1.14 bits per heavy atom. The summed E-state index contributed by atoms with van der Waals surface area (Å²) in [6.07, 6.45) is 0. The quantitative estimate of drug-likeness (QED) is 0.428. The van der Waals surface area contributed by atoms with E-state index in [-0.39, 0.29) is 37.3 Å². The fourth-order valence-corrected chi connectivity index (χ4v) is 0. The van der Waals surface area contributed by atoms with Crippen LogP contribution in [0.3, 0.4) is 0 Å². The third-order valence-electron chi connectivity index (χ3n) is 0. The van der Waals surface area contributed by atoms with Crippen LogP contribution in [0.5, 0.6) is 0 Å². The van der Waals surface area contributed by atoms with Crippen LogP contribution in [0.4, 0.5) is 0 Å². The Kier molecular flexibility index (Phi) is 11.8. The molecule has 44 valence electrons. The maximum Gasteiger partial charge on any atom is 0.466 e. The fourth-order valence-electron chi connectivity index (χ4n) is 0. The molecule has 0 atom stereocenters. The standard InChI is InChI=1S/H3N.H3O4P.U/c;1-5(2,3)4;/h1H3;(H3,1,2,3,4);. The zero-order valence-corrected chi connectivity index (χ0v) is 8.46. The molecule has 7 heteroatoms. The molecular formula is H6NO4PU. The minimum atomic E-state index is -4.64. The van der Waals surface area contributed by atoms with Crippen molar-refractivity contribution in [1.82, 2.24) is 6.15 Å². The first-order valence-electron chi connectivity index (χ1n) is 0.783. The zero-order valence-electron chi connectivity index (χ0n) is 3.40. The molecule has 5 nitrogen and oxygen atoms in total. The summed E-state index contributed by atoms with van der Waals surface area (Å²) in [5, 5.41) is 0. The minimum Gasteiger partial charge on any atom is -0.344 e. The van der Waals surface area contributed by atoms with Gasteiger partial charge in [-0.15, -0.1) is 0 Å². The SMILES string of the molecule is N.O=P(O)(O)O.[U]. The van der Waals surface area contributed by atoms with E-state index in [4.69, 9.17) is 19.2 Å². The molecule has 0 radical (unpaired) electrons. The molecule has 0 aromatic heterocycles. The van der Waals surface area contributed by atoms with Crippen LogP contribution < -0.4 is 6.15 Å². The van der Waals surface area contributed by atoms with E-state index >= 15 is 0 Å². The van der Waals surface area contributed by atoms with Crippen molar-refractivity contribution in [2.24, 2.45) is 0 Å². The number of phosphoric acid groups is 1. The summed E-state index contributed by atoms with van der Waals surface area (Å²) in [4.78, 5) is 21.6. The van der Waals surface area contributed by atoms with Gasteiger partial charge in [0, 0.05) is 31.1 Å². The Balaban J connectivity index is -0.0000000800. The van der Waals surface area contributed by atoms with Gasteiger partial charge in [-0.05, 0) is 0 Å².